The smallest absolute Gasteiger partial charge is 0.319 e. The van der Waals surface area contributed by atoms with Gasteiger partial charge in [-0.05, 0) is 30.7 Å². The fourth-order valence-corrected chi connectivity index (χ4v) is 2.74. The molecular formula is C19H28N4O3. The highest BCUT2D eigenvalue weighted by molar-refractivity contribution is 5.84. The number of aromatic nitrogens is 1. The lowest BCUT2D eigenvalue weighted by atomic mass is 10.3. The Hall–Kier alpha value is -2.70. The molecule has 0 radical (unpaired) electrons. The number of rotatable bonds is 8. The molecule has 0 unspecified atom stereocenters. The number of carbonyl (C=O) groups is 2. The van der Waals surface area contributed by atoms with E-state index in [4.69, 9.17) is 4.42 Å². The van der Waals surface area contributed by atoms with Crippen LogP contribution in [0.15, 0.2) is 41.1 Å². The zero-order valence-corrected chi connectivity index (χ0v) is 16.0. The van der Waals surface area contributed by atoms with Gasteiger partial charge in [0.05, 0.1) is 19.4 Å². The second-order valence-electron chi connectivity index (χ2n) is 6.54. The monoisotopic (exact) mass is 360 g/mol. The van der Waals surface area contributed by atoms with Crippen LogP contribution in [0.2, 0.25) is 0 Å². The van der Waals surface area contributed by atoms with E-state index < -0.39 is 0 Å². The Kier molecular flexibility index (Phi) is 6.89. The number of hydrogen-bond donors (Lipinski definition) is 0. The zero-order valence-electron chi connectivity index (χ0n) is 16.0. The molecule has 0 spiro atoms. The topological polar surface area (TPSA) is 61.9 Å². The lowest BCUT2D eigenvalue weighted by Crippen LogP contribution is -2.46. The molecule has 0 aliphatic heterocycles. The number of amides is 3. The van der Waals surface area contributed by atoms with Crippen molar-refractivity contribution in [1.29, 1.82) is 0 Å². The van der Waals surface area contributed by atoms with Gasteiger partial charge in [-0.25, -0.2) is 4.79 Å². The Morgan fingerprint density at radius 3 is 2.42 bits per heavy atom. The van der Waals surface area contributed by atoms with Gasteiger partial charge in [0.1, 0.15) is 12.3 Å². The van der Waals surface area contributed by atoms with E-state index in [0.29, 0.717) is 25.4 Å². The Bertz CT molecular complexity index is 706. The summed E-state index contributed by atoms with van der Waals surface area (Å²) in [6, 6.07) is 7.43. The Balaban J connectivity index is 2.15. The van der Waals surface area contributed by atoms with Crippen LogP contribution < -0.4 is 0 Å². The van der Waals surface area contributed by atoms with Gasteiger partial charge in [-0.15, -0.1) is 0 Å². The van der Waals surface area contributed by atoms with E-state index in [9.17, 15) is 9.59 Å². The van der Waals surface area contributed by atoms with Crippen LogP contribution in [0.5, 0.6) is 0 Å². The molecule has 0 fully saturated rings. The van der Waals surface area contributed by atoms with Crippen molar-refractivity contribution >= 4 is 11.9 Å². The summed E-state index contributed by atoms with van der Waals surface area (Å²) in [4.78, 5) is 30.1. The lowest BCUT2D eigenvalue weighted by molar-refractivity contribution is -0.133. The van der Waals surface area contributed by atoms with Gasteiger partial charge in [0, 0.05) is 39.6 Å². The van der Waals surface area contributed by atoms with Crippen molar-refractivity contribution in [3.8, 4) is 0 Å². The van der Waals surface area contributed by atoms with Crippen molar-refractivity contribution in [2.24, 2.45) is 7.05 Å². The van der Waals surface area contributed by atoms with E-state index in [2.05, 4.69) is 0 Å². The first-order valence-electron chi connectivity index (χ1n) is 8.79. The molecule has 0 saturated heterocycles. The summed E-state index contributed by atoms with van der Waals surface area (Å²) in [6.45, 7) is 3.41. The lowest BCUT2D eigenvalue weighted by Gasteiger charge is -2.29. The molecule has 142 valence electrons. The molecule has 2 aromatic rings. The fourth-order valence-electron chi connectivity index (χ4n) is 2.74. The van der Waals surface area contributed by atoms with Crippen molar-refractivity contribution < 1.29 is 14.0 Å². The normalized spacial score (nSPS) is 10.6. The maximum atomic E-state index is 13.0. The third-order valence-electron chi connectivity index (χ3n) is 4.16. The molecule has 0 atom stereocenters. The molecule has 0 aliphatic carbocycles. The van der Waals surface area contributed by atoms with Crippen molar-refractivity contribution in [2.45, 2.75) is 26.4 Å². The maximum Gasteiger partial charge on any atom is 0.319 e. The van der Waals surface area contributed by atoms with Crippen LogP contribution >= 0.6 is 0 Å². The summed E-state index contributed by atoms with van der Waals surface area (Å²) in [5.74, 6) is 0.611. The molecule has 7 heteroatoms. The van der Waals surface area contributed by atoms with Gasteiger partial charge in [-0.3, -0.25) is 4.79 Å². The number of urea groups is 1. The zero-order chi connectivity index (χ0) is 19.1. The van der Waals surface area contributed by atoms with Crippen molar-refractivity contribution in [3.05, 3.63) is 48.2 Å². The average molecular weight is 360 g/mol. The molecule has 26 heavy (non-hydrogen) atoms. The van der Waals surface area contributed by atoms with Crippen molar-refractivity contribution in [2.75, 3.05) is 27.2 Å². The van der Waals surface area contributed by atoms with E-state index in [0.717, 1.165) is 12.1 Å². The van der Waals surface area contributed by atoms with Crippen LogP contribution in [0.25, 0.3) is 0 Å². The van der Waals surface area contributed by atoms with Gasteiger partial charge in [0.15, 0.2) is 0 Å². The Morgan fingerprint density at radius 2 is 1.88 bits per heavy atom. The summed E-state index contributed by atoms with van der Waals surface area (Å²) < 4.78 is 7.40. The highest BCUT2D eigenvalue weighted by Gasteiger charge is 2.23. The first-order chi connectivity index (χ1) is 12.4. The van der Waals surface area contributed by atoms with E-state index in [-0.39, 0.29) is 18.5 Å². The first-order valence-corrected chi connectivity index (χ1v) is 8.79. The van der Waals surface area contributed by atoms with Gasteiger partial charge < -0.3 is 23.7 Å². The summed E-state index contributed by atoms with van der Waals surface area (Å²) in [5, 5.41) is 0. The van der Waals surface area contributed by atoms with Crippen LogP contribution in [-0.4, -0.2) is 58.4 Å². The quantitative estimate of drug-likeness (QED) is 0.727. The summed E-state index contributed by atoms with van der Waals surface area (Å²) >= 11 is 0. The predicted octanol–water partition coefficient (Wildman–Crippen LogP) is 2.54. The number of carbonyl (C=O) groups excluding carboxylic acids is 2. The SMILES string of the molecule is CCCN(CC(=O)N(Cc1ccco1)Cc1cccn1C)C(=O)N(C)C. The molecule has 2 heterocycles. The molecule has 0 N–H and O–H groups in total. The minimum Gasteiger partial charge on any atom is -0.467 e. The fraction of sp³-hybridized carbons (Fsp3) is 0.474. The minimum atomic E-state index is -0.156. The maximum absolute atomic E-state index is 13.0. The number of nitrogens with zero attached hydrogens (tertiary/aromatic N) is 4. The number of aryl methyl sites for hydroxylation is 1. The molecule has 3 amide bonds. The minimum absolute atomic E-state index is 0.0516. The Labute approximate surface area is 154 Å². The van der Waals surface area contributed by atoms with Gasteiger partial charge in [-0.1, -0.05) is 6.92 Å². The van der Waals surface area contributed by atoms with Crippen molar-refractivity contribution in [1.82, 2.24) is 19.3 Å². The van der Waals surface area contributed by atoms with Crippen LogP contribution in [0, 0.1) is 0 Å². The van der Waals surface area contributed by atoms with E-state index in [1.54, 1.807) is 36.2 Å². The average Bonchev–Trinajstić information content (AvgIpc) is 3.25. The van der Waals surface area contributed by atoms with Crippen LogP contribution in [0.4, 0.5) is 4.79 Å². The highest BCUT2D eigenvalue weighted by Crippen LogP contribution is 2.12. The van der Waals surface area contributed by atoms with E-state index in [1.807, 2.05) is 42.9 Å². The summed E-state index contributed by atoms with van der Waals surface area (Å²) in [6.07, 6.45) is 4.34. The number of furan rings is 1. The van der Waals surface area contributed by atoms with E-state index >= 15 is 0 Å². The van der Waals surface area contributed by atoms with Crippen LogP contribution in [0.3, 0.4) is 0 Å². The van der Waals surface area contributed by atoms with Gasteiger partial charge in [-0.2, -0.15) is 0 Å². The van der Waals surface area contributed by atoms with Crippen LogP contribution in [0.1, 0.15) is 24.8 Å². The van der Waals surface area contributed by atoms with Gasteiger partial charge >= 0.3 is 6.03 Å². The Morgan fingerprint density at radius 1 is 1.12 bits per heavy atom. The van der Waals surface area contributed by atoms with Gasteiger partial charge in [0.2, 0.25) is 5.91 Å². The molecular weight excluding hydrogens is 332 g/mol. The standard InChI is InChI=1S/C19H28N4O3/c1-5-10-22(19(25)20(2)3)15-18(24)23(14-17-9-7-12-26-17)13-16-8-6-11-21(16)4/h6-9,11-12H,5,10,13-15H2,1-4H3. The van der Waals surface area contributed by atoms with Gasteiger partial charge in [0.25, 0.3) is 0 Å². The largest absolute Gasteiger partial charge is 0.467 e. The second kappa shape index (κ2) is 9.12. The molecule has 2 rings (SSSR count). The molecule has 7 nitrogen and oxygen atoms in total. The molecule has 0 saturated carbocycles. The molecule has 0 aromatic carbocycles. The second-order valence-corrected chi connectivity index (χ2v) is 6.54. The predicted molar refractivity (Wildman–Crippen MR) is 99.3 cm³/mol. The highest BCUT2D eigenvalue weighted by atomic mass is 16.3. The molecule has 0 bridgehead atoms. The molecule has 0 aliphatic rings. The summed E-state index contributed by atoms with van der Waals surface area (Å²) in [7, 11) is 5.34. The van der Waals surface area contributed by atoms with E-state index in [1.165, 1.54) is 4.90 Å². The third kappa shape index (κ3) is 5.15. The van der Waals surface area contributed by atoms with Crippen LogP contribution in [-0.2, 0) is 24.9 Å². The molecule has 2 aromatic heterocycles. The van der Waals surface area contributed by atoms with Crippen molar-refractivity contribution in [3.63, 3.8) is 0 Å². The summed E-state index contributed by atoms with van der Waals surface area (Å²) in [5.41, 5.74) is 1.02. The third-order valence-corrected chi connectivity index (χ3v) is 4.16. The first kappa shape index (κ1) is 19.6. The number of hydrogen-bond acceptors (Lipinski definition) is 3.